The van der Waals surface area contributed by atoms with E-state index >= 15 is 0 Å². The fourth-order valence-electron chi connectivity index (χ4n) is 3.15. The minimum absolute atomic E-state index is 0.810. The van der Waals surface area contributed by atoms with Crippen molar-refractivity contribution in [2.45, 2.75) is 87.5 Å². The molecule has 1 nitrogen and oxygen atoms in total. The molecular formula is C24H45N. The van der Waals surface area contributed by atoms with Gasteiger partial charge in [-0.05, 0) is 81.1 Å². The number of benzene rings is 1. The maximum Gasteiger partial charge on any atom is 0.000714 e. The lowest BCUT2D eigenvalue weighted by Crippen LogP contribution is -2.36. The lowest BCUT2D eigenvalue weighted by Gasteiger charge is -2.32. The van der Waals surface area contributed by atoms with E-state index in [1.54, 1.807) is 0 Å². The average Bonchev–Trinajstić information content (AvgIpc) is 2.60. The zero-order valence-electron chi connectivity index (χ0n) is 18.5. The van der Waals surface area contributed by atoms with Crippen LogP contribution < -0.4 is 0 Å². The Balaban J connectivity index is 0.00000104. The molecule has 0 radical (unpaired) electrons. The van der Waals surface area contributed by atoms with E-state index in [-0.39, 0.29) is 0 Å². The Morgan fingerprint density at radius 2 is 1.60 bits per heavy atom. The highest BCUT2D eigenvalue weighted by molar-refractivity contribution is 5.29. The monoisotopic (exact) mass is 347 g/mol. The average molecular weight is 348 g/mol. The minimum atomic E-state index is 0.810. The Kier molecular flexibility index (Phi) is 13.9. The number of likely N-dealkylation sites (tertiary alicyclic amines) is 1. The summed E-state index contributed by atoms with van der Waals surface area (Å²) in [6.45, 7) is 21.4. The van der Waals surface area contributed by atoms with E-state index in [1.807, 2.05) is 13.8 Å². The van der Waals surface area contributed by atoms with Gasteiger partial charge in [0.15, 0.2) is 0 Å². The molecule has 1 fully saturated rings. The maximum absolute atomic E-state index is 2.67. The predicted octanol–water partition coefficient (Wildman–Crippen LogP) is 7.05. The minimum Gasteiger partial charge on any atom is -0.303 e. The van der Waals surface area contributed by atoms with Crippen LogP contribution in [0.3, 0.4) is 0 Å². The van der Waals surface area contributed by atoms with Gasteiger partial charge in [0.25, 0.3) is 0 Å². The fourth-order valence-corrected chi connectivity index (χ4v) is 3.15. The molecule has 0 saturated carbocycles. The molecule has 1 heteroatoms. The van der Waals surface area contributed by atoms with Crippen LogP contribution in [0.5, 0.6) is 0 Å². The van der Waals surface area contributed by atoms with Crippen molar-refractivity contribution in [1.29, 1.82) is 0 Å². The first-order valence-electron chi connectivity index (χ1n) is 10.7. The molecule has 25 heavy (non-hydrogen) atoms. The Bertz CT molecular complexity index is 430. The van der Waals surface area contributed by atoms with Crippen LogP contribution in [0.4, 0.5) is 0 Å². The summed E-state index contributed by atoms with van der Waals surface area (Å²) in [6.07, 6.45) is 6.58. The van der Waals surface area contributed by atoms with E-state index in [0.717, 1.165) is 11.8 Å². The van der Waals surface area contributed by atoms with Gasteiger partial charge in [0.1, 0.15) is 0 Å². The van der Waals surface area contributed by atoms with Gasteiger partial charge in [0.05, 0.1) is 0 Å². The van der Waals surface area contributed by atoms with Crippen molar-refractivity contribution in [2.75, 3.05) is 19.6 Å². The van der Waals surface area contributed by atoms with E-state index in [9.17, 15) is 0 Å². The number of aryl methyl sites for hydroxylation is 3. The van der Waals surface area contributed by atoms with Gasteiger partial charge in [-0.15, -0.1) is 0 Å². The highest BCUT2D eigenvalue weighted by Gasteiger charge is 2.17. The summed E-state index contributed by atoms with van der Waals surface area (Å²) in [6, 6.07) is 6.93. The van der Waals surface area contributed by atoms with Gasteiger partial charge in [-0.2, -0.15) is 0 Å². The zero-order chi connectivity index (χ0) is 19.2. The van der Waals surface area contributed by atoms with Crippen LogP contribution in [-0.2, 0) is 6.42 Å². The highest BCUT2D eigenvalue weighted by atomic mass is 15.1. The Morgan fingerprint density at radius 3 is 2.12 bits per heavy atom. The van der Waals surface area contributed by atoms with Gasteiger partial charge in [-0.25, -0.2) is 0 Å². The summed E-state index contributed by atoms with van der Waals surface area (Å²) in [5.41, 5.74) is 4.34. The fraction of sp³-hybridized carbons (Fsp3) is 0.750. The van der Waals surface area contributed by atoms with E-state index < -0.39 is 0 Å². The SMILES string of the molecule is CC.CCC.Cc1ccc(CCC(C)CN2CCC(C)CC2)cc1C. The topological polar surface area (TPSA) is 3.24 Å². The third-order valence-corrected chi connectivity index (χ3v) is 4.94. The van der Waals surface area contributed by atoms with Gasteiger partial charge < -0.3 is 4.90 Å². The molecule has 1 heterocycles. The molecule has 0 bridgehead atoms. The number of hydrogen-bond donors (Lipinski definition) is 0. The standard InChI is InChI=1S/C19H31N.C3H8.C2H6/c1-15-9-11-20(12-10-15)14-16(2)5-7-19-8-6-17(3)18(4)13-19;1-3-2;1-2/h6,8,13,15-16H,5,7,9-12,14H2,1-4H3;3H2,1-2H3;1-2H3. The van der Waals surface area contributed by atoms with Crippen molar-refractivity contribution in [3.8, 4) is 0 Å². The summed E-state index contributed by atoms with van der Waals surface area (Å²) in [5.74, 6) is 1.75. The number of hydrogen-bond acceptors (Lipinski definition) is 1. The van der Waals surface area contributed by atoms with Gasteiger partial charge in [0, 0.05) is 6.54 Å². The van der Waals surface area contributed by atoms with Crippen LogP contribution in [-0.4, -0.2) is 24.5 Å². The van der Waals surface area contributed by atoms with Gasteiger partial charge in [0.2, 0.25) is 0 Å². The third-order valence-electron chi connectivity index (χ3n) is 4.94. The second kappa shape index (κ2) is 14.4. The molecule has 146 valence electrons. The molecule has 1 aliphatic heterocycles. The van der Waals surface area contributed by atoms with Crippen molar-refractivity contribution < 1.29 is 0 Å². The van der Waals surface area contributed by atoms with E-state index in [4.69, 9.17) is 0 Å². The first-order valence-corrected chi connectivity index (χ1v) is 10.7. The zero-order valence-corrected chi connectivity index (χ0v) is 18.5. The molecule has 1 saturated heterocycles. The second-order valence-corrected chi connectivity index (χ2v) is 7.75. The Morgan fingerprint density at radius 1 is 1.04 bits per heavy atom. The molecule has 1 atom stereocenters. The third kappa shape index (κ3) is 10.7. The summed E-state index contributed by atoms with van der Waals surface area (Å²) >= 11 is 0. The van der Waals surface area contributed by atoms with Crippen LogP contribution in [0.25, 0.3) is 0 Å². The molecule has 0 spiro atoms. The van der Waals surface area contributed by atoms with E-state index in [1.165, 1.54) is 68.4 Å². The van der Waals surface area contributed by atoms with Crippen molar-refractivity contribution in [1.82, 2.24) is 4.90 Å². The van der Waals surface area contributed by atoms with Crippen molar-refractivity contribution >= 4 is 0 Å². The van der Waals surface area contributed by atoms with Crippen LogP contribution in [0.15, 0.2) is 18.2 Å². The molecule has 0 N–H and O–H groups in total. The molecule has 0 aliphatic carbocycles. The van der Waals surface area contributed by atoms with Gasteiger partial charge in [-0.3, -0.25) is 0 Å². The van der Waals surface area contributed by atoms with E-state index in [2.05, 4.69) is 64.6 Å². The molecule has 0 aromatic heterocycles. The molecule has 0 amide bonds. The quantitative estimate of drug-likeness (QED) is 0.551. The number of rotatable bonds is 5. The molecule has 1 aromatic rings. The molecular weight excluding hydrogens is 302 g/mol. The predicted molar refractivity (Wildman–Crippen MR) is 116 cm³/mol. The first-order chi connectivity index (χ1) is 12.0. The van der Waals surface area contributed by atoms with E-state index in [0.29, 0.717) is 0 Å². The van der Waals surface area contributed by atoms with Crippen molar-refractivity contribution in [3.05, 3.63) is 34.9 Å². The molecule has 1 unspecified atom stereocenters. The largest absolute Gasteiger partial charge is 0.303 e. The Hall–Kier alpha value is -0.820. The van der Waals surface area contributed by atoms with Crippen LogP contribution in [0, 0.1) is 25.7 Å². The maximum atomic E-state index is 2.67. The van der Waals surface area contributed by atoms with Crippen LogP contribution in [0.1, 0.15) is 83.9 Å². The summed E-state index contributed by atoms with van der Waals surface area (Å²) in [7, 11) is 0. The normalized spacial score (nSPS) is 16.3. The molecule has 1 aromatic carbocycles. The lowest BCUT2D eigenvalue weighted by atomic mass is 9.95. The summed E-state index contributed by atoms with van der Waals surface area (Å²) < 4.78 is 0. The van der Waals surface area contributed by atoms with Gasteiger partial charge in [-0.1, -0.05) is 66.2 Å². The summed E-state index contributed by atoms with van der Waals surface area (Å²) in [5, 5.41) is 0. The number of piperidine rings is 1. The Labute approximate surface area is 159 Å². The molecule has 2 rings (SSSR count). The number of nitrogens with zero attached hydrogens (tertiary/aromatic N) is 1. The smallest absolute Gasteiger partial charge is 0.000714 e. The van der Waals surface area contributed by atoms with Crippen LogP contribution >= 0.6 is 0 Å². The van der Waals surface area contributed by atoms with Crippen molar-refractivity contribution in [3.63, 3.8) is 0 Å². The lowest BCUT2D eigenvalue weighted by molar-refractivity contribution is 0.168. The first kappa shape index (κ1) is 24.2. The summed E-state index contributed by atoms with van der Waals surface area (Å²) in [4.78, 5) is 2.67. The van der Waals surface area contributed by atoms with Gasteiger partial charge >= 0.3 is 0 Å². The second-order valence-electron chi connectivity index (χ2n) is 7.75. The van der Waals surface area contributed by atoms with Crippen LogP contribution in [0.2, 0.25) is 0 Å². The highest BCUT2D eigenvalue weighted by Crippen LogP contribution is 2.19. The van der Waals surface area contributed by atoms with Crippen molar-refractivity contribution in [2.24, 2.45) is 11.8 Å². The molecule has 1 aliphatic rings.